The van der Waals surface area contributed by atoms with Crippen molar-refractivity contribution >= 4 is 0 Å². The van der Waals surface area contributed by atoms with E-state index in [0.717, 1.165) is 124 Å². The maximum Gasteiger partial charge on any atom is 0.0347 e. The van der Waals surface area contributed by atoms with Crippen molar-refractivity contribution in [3.8, 4) is 135 Å². The zero-order valence-electron chi connectivity index (χ0n) is 95.9. The first-order chi connectivity index (χ1) is 73.5. The second-order valence-electron chi connectivity index (χ2n) is 30.4. The summed E-state index contributed by atoms with van der Waals surface area (Å²) >= 11 is 0. The van der Waals surface area contributed by atoms with Crippen molar-refractivity contribution in [2.45, 2.75) is 87.5 Å². The summed E-state index contributed by atoms with van der Waals surface area (Å²) in [5.74, 6) is -3.13. The van der Waals surface area contributed by atoms with Crippen LogP contribution >= 0.6 is 0 Å². The Morgan fingerprint density at radius 2 is 0.514 bits per heavy atom. The second-order valence-corrected chi connectivity index (χ2v) is 30.4. The molecule has 2 atom stereocenters. The van der Waals surface area contributed by atoms with Crippen LogP contribution in [0.4, 0.5) is 0 Å². The van der Waals surface area contributed by atoms with Gasteiger partial charge in [-0.2, -0.15) is 0 Å². The second kappa shape index (κ2) is 58.1. The van der Waals surface area contributed by atoms with E-state index in [1.165, 1.54) is 72.0 Å². The zero-order valence-corrected chi connectivity index (χ0v) is 85.5. The molecule has 0 fully saturated rings. The topological polar surface area (TPSA) is 103 Å². The average molecular weight is 2520 g/mol. The average Bonchev–Trinajstić information content (AvgIpc) is 0.788. The summed E-state index contributed by atoms with van der Waals surface area (Å²) in [5.41, 5.74) is 27.6. The van der Waals surface area contributed by atoms with Crippen LogP contribution < -0.4 is 0 Å². The van der Waals surface area contributed by atoms with E-state index in [-0.39, 0.29) is 109 Å². The molecule has 0 amide bonds. The summed E-state index contributed by atoms with van der Waals surface area (Å²) in [6, 6.07) is 147. The standard InChI is InChI=1S/C21H20N.C20H18N.C19H16N.C18H14N.4C12H10N.4Ir/c1-16(2)14-17-8-10-18(11-9-17)20-12-13-22-21(15-20)19-6-4-3-5-7-19;1-15(2)16-8-10-17(11-9-16)19-12-13-21-20(14-19)18-6-4-3-5-7-18;1-2-15-8-10-16(11-9-15)18-12-13-20-19(14-18)17-6-4-3-5-7-17;1-14-6-5-9-16(12-14)17-10-11-19-18(13-17)15-7-3-2-4-8-15;4*1-10-7-8-12(13-9-10)11-5-3-2-4-6-11;;;;/h3-6,8-13,15-16H,14H2,1-2H3;3-6,8-15H,1-2H3;3-6,8-14H,2H2,1H3;2-7,9-13H,1H3;4*2-5,7-9H,1H3;;;;/q8*-1;;;;/i1D3,16D;1D3,15D;;;4*1D3;;;;. The van der Waals surface area contributed by atoms with Crippen molar-refractivity contribution in [1.82, 2.24) is 39.9 Å². The molecule has 0 spiro atoms. The summed E-state index contributed by atoms with van der Waals surface area (Å²) in [5, 5.41) is 0. The van der Waals surface area contributed by atoms with E-state index in [9.17, 15) is 0 Å². The third-order valence-electron chi connectivity index (χ3n) is 20.4. The van der Waals surface area contributed by atoms with E-state index in [0.29, 0.717) is 5.56 Å². The minimum atomic E-state index is -2.37. The number of rotatable bonds is 16. The minimum absolute atomic E-state index is 0. The summed E-state index contributed by atoms with van der Waals surface area (Å²) < 4.78 is 148. The fourth-order valence-corrected chi connectivity index (χ4v) is 13.5. The molecule has 696 valence electrons. The van der Waals surface area contributed by atoms with Gasteiger partial charge in [0, 0.05) is 157 Å². The van der Waals surface area contributed by atoms with E-state index >= 15 is 0 Å². The van der Waals surface area contributed by atoms with Gasteiger partial charge in [0.15, 0.2) is 0 Å². The van der Waals surface area contributed by atoms with Gasteiger partial charge >= 0.3 is 0 Å². The molecule has 0 aliphatic carbocycles. The minimum Gasteiger partial charge on any atom is -0.305 e. The van der Waals surface area contributed by atoms with E-state index < -0.39 is 52.9 Å². The van der Waals surface area contributed by atoms with Gasteiger partial charge in [0.25, 0.3) is 0 Å². The number of hydrogen-bond acceptors (Lipinski definition) is 8. The van der Waals surface area contributed by atoms with Crippen LogP contribution in [-0.2, 0) is 93.3 Å². The van der Waals surface area contributed by atoms with Crippen LogP contribution in [0.15, 0.2) is 438 Å². The number of benzene rings is 12. The predicted molar refractivity (Wildman–Crippen MR) is 556 cm³/mol. The van der Waals surface area contributed by atoms with Crippen molar-refractivity contribution in [2.75, 3.05) is 0 Å². The van der Waals surface area contributed by atoms with E-state index in [1.807, 2.05) is 255 Å². The van der Waals surface area contributed by atoms with Gasteiger partial charge in [0.05, 0.1) is 0 Å². The van der Waals surface area contributed by atoms with Crippen LogP contribution in [0, 0.1) is 88.8 Å². The van der Waals surface area contributed by atoms with Crippen LogP contribution in [0.1, 0.15) is 112 Å². The normalized spacial score (nSPS) is 13.6. The van der Waals surface area contributed by atoms with Crippen molar-refractivity contribution in [3.63, 3.8) is 0 Å². The fourth-order valence-electron chi connectivity index (χ4n) is 13.5. The number of aromatic nitrogens is 8. The first-order valence-corrected chi connectivity index (χ1v) is 43.4. The number of nitrogens with zero attached hydrogens (tertiary/aromatic N) is 8. The third-order valence-corrected chi connectivity index (χ3v) is 20.4. The van der Waals surface area contributed by atoms with E-state index in [4.69, 9.17) is 27.4 Å². The largest absolute Gasteiger partial charge is 0.305 e. The zero-order chi connectivity index (χ0) is 110. The Labute approximate surface area is 899 Å². The Kier molecular flexibility index (Phi) is 34.4. The Morgan fingerprint density at radius 1 is 0.246 bits per heavy atom. The quantitative estimate of drug-likeness (QED) is 0.0882. The van der Waals surface area contributed by atoms with Crippen molar-refractivity contribution in [2.24, 2.45) is 5.89 Å². The summed E-state index contributed by atoms with van der Waals surface area (Å²) in [7, 11) is 0. The van der Waals surface area contributed by atoms with Gasteiger partial charge < -0.3 is 39.9 Å². The number of hydrogen-bond donors (Lipinski definition) is 0. The van der Waals surface area contributed by atoms with Crippen LogP contribution in [0.2, 0.25) is 0 Å². The van der Waals surface area contributed by atoms with Crippen LogP contribution in [0.5, 0.6) is 0 Å². The Morgan fingerprint density at radius 3 is 0.754 bits per heavy atom. The van der Waals surface area contributed by atoms with Crippen molar-refractivity contribution < 1.29 is 108 Å². The molecule has 20 aromatic rings. The molecule has 12 aromatic carbocycles. The van der Waals surface area contributed by atoms with E-state index in [1.54, 1.807) is 97.3 Å². The molecule has 0 saturated carbocycles. The van der Waals surface area contributed by atoms with Gasteiger partial charge in [-0.3, -0.25) is 0 Å². The summed E-state index contributed by atoms with van der Waals surface area (Å²) in [6.07, 6.45) is 14.1. The Hall–Kier alpha value is -13.6. The molecule has 12 heteroatoms. The fraction of sp³-hybridized carbons (Fsp3) is 0.111. The maximum absolute atomic E-state index is 8.16. The molecule has 0 aliphatic heterocycles. The molecule has 0 aliphatic rings. The first-order valence-electron chi connectivity index (χ1n) is 53.4. The molecular formula is C126H108Ir4N8-8. The molecule has 4 radical (unpaired) electrons. The SMILES string of the molecule is CCc1ccc(-c2ccnc(-c3[c-]cccc3)c2)cc1.Cc1cccc(-c2ccnc(-c3[c-]cccc3)c2)c1.[2H]C([2H])([2H])C([2H])(C)Cc1ccc(-c2ccnc(-c3[c-]cccc3)c2)cc1.[2H]C([2H])([2H])C([2H])(C)c1ccc(-c2ccnc(-c3[c-]cccc3)c2)cc1.[2H]C([2H])([2H])c1ccc(-c2[c-]cccc2)nc1.[2H]C([2H])([2H])c1ccc(-c2[c-]cccc2)nc1.[2H]C([2H])([2H])c1ccc(-c2[c-]cccc2)nc1.[2H]C([2H])([2H])c1ccc(-c2[c-]cccc2)nc1.[Ir].[Ir].[Ir].[Ir]. The molecule has 8 heterocycles. The van der Waals surface area contributed by atoms with Crippen molar-refractivity contribution in [1.29, 1.82) is 0 Å². The van der Waals surface area contributed by atoms with Gasteiger partial charge in [-0.15, -0.1) is 287 Å². The van der Waals surface area contributed by atoms with Crippen LogP contribution in [0.3, 0.4) is 0 Å². The van der Waals surface area contributed by atoms with Gasteiger partial charge in [-0.05, 0) is 212 Å². The molecule has 138 heavy (non-hydrogen) atoms. The Balaban J connectivity index is 0.000000200. The number of pyridine rings is 8. The molecule has 2 unspecified atom stereocenters. The molecule has 8 nitrogen and oxygen atoms in total. The van der Waals surface area contributed by atoms with E-state index in [2.05, 4.69) is 163 Å². The molecule has 0 bridgehead atoms. The molecule has 0 N–H and O–H groups in total. The van der Waals surface area contributed by atoms with Crippen LogP contribution in [-0.4, -0.2) is 39.9 Å². The third kappa shape index (κ3) is 34.6. The smallest absolute Gasteiger partial charge is 0.0347 e. The maximum atomic E-state index is 8.16. The molecule has 8 aromatic heterocycles. The summed E-state index contributed by atoms with van der Waals surface area (Å²) in [6.45, 7) is -5.89. The molecular weight excluding hydrogens is 2390 g/mol. The van der Waals surface area contributed by atoms with Crippen molar-refractivity contribution in [3.05, 3.63) is 531 Å². The van der Waals surface area contributed by atoms with Gasteiger partial charge in [0.2, 0.25) is 0 Å². The summed E-state index contributed by atoms with van der Waals surface area (Å²) in [4.78, 5) is 34.2. The number of aryl methyl sites for hydroxylation is 6. The first kappa shape index (κ1) is 81.6. The van der Waals surface area contributed by atoms with Gasteiger partial charge in [-0.1, -0.05) is 210 Å². The molecule has 0 saturated heterocycles. The van der Waals surface area contributed by atoms with Gasteiger partial charge in [-0.25, -0.2) is 0 Å². The van der Waals surface area contributed by atoms with Crippen LogP contribution in [0.25, 0.3) is 135 Å². The monoisotopic (exact) mass is 2520 g/mol. The molecule has 20 rings (SSSR count). The predicted octanol–water partition coefficient (Wildman–Crippen LogP) is 31.5. The van der Waals surface area contributed by atoms with Gasteiger partial charge in [0.1, 0.15) is 0 Å². The Bertz CT molecular complexity index is 7330.